The molecule has 3 aliphatic carbocycles. The summed E-state index contributed by atoms with van der Waals surface area (Å²) in [5, 5.41) is 0. The van der Waals surface area contributed by atoms with Crippen molar-refractivity contribution in [2.45, 2.75) is 135 Å². The Labute approximate surface area is 200 Å². The third-order valence-corrected chi connectivity index (χ3v) is 9.94. The van der Waals surface area contributed by atoms with Crippen molar-refractivity contribution in [3.63, 3.8) is 0 Å². The van der Waals surface area contributed by atoms with E-state index >= 15 is 0 Å². The molecule has 0 saturated heterocycles. The molecule has 180 valence electrons. The highest BCUT2D eigenvalue weighted by molar-refractivity contribution is 5.25. The molecule has 0 N–H and O–H groups in total. The second-order valence-electron chi connectivity index (χ2n) is 12.3. The van der Waals surface area contributed by atoms with Gasteiger partial charge in [0.15, 0.2) is 0 Å². The fourth-order valence-corrected chi connectivity index (χ4v) is 7.71. The number of aryl methyl sites for hydroxylation is 1. The molecule has 0 bridgehead atoms. The first kappa shape index (κ1) is 24.3. The SMILES string of the molecule is CCCCCCCC1CCC(CCC2CCC3CC(c4ccc(C)cc4)CCC3C2)CC1. The highest BCUT2D eigenvalue weighted by Crippen LogP contribution is 2.49. The van der Waals surface area contributed by atoms with Crippen molar-refractivity contribution in [1.29, 1.82) is 0 Å². The summed E-state index contributed by atoms with van der Waals surface area (Å²) in [6, 6.07) is 9.46. The normalized spacial score (nSPS) is 33.1. The molecular weight excluding hydrogens is 384 g/mol. The van der Waals surface area contributed by atoms with Gasteiger partial charge in [0.2, 0.25) is 0 Å². The third kappa shape index (κ3) is 7.11. The smallest absolute Gasteiger partial charge is 0.0159 e. The van der Waals surface area contributed by atoms with Crippen molar-refractivity contribution in [1.82, 2.24) is 0 Å². The van der Waals surface area contributed by atoms with Crippen LogP contribution in [0.25, 0.3) is 0 Å². The minimum Gasteiger partial charge on any atom is -0.0654 e. The number of hydrogen-bond acceptors (Lipinski definition) is 0. The quantitative estimate of drug-likeness (QED) is 0.320. The summed E-state index contributed by atoms with van der Waals surface area (Å²) < 4.78 is 0. The molecule has 32 heavy (non-hydrogen) atoms. The van der Waals surface area contributed by atoms with Crippen molar-refractivity contribution in [2.24, 2.45) is 29.6 Å². The summed E-state index contributed by atoms with van der Waals surface area (Å²) >= 11 is 0. The summed E-state index contributed by atoms with van der Waals surface area (Å²) in [4.78, 5) is 0. The molecule has 0 spiro atoms. The largest absolute Gasteiger partial charge is 0.0654 e. The zero-order chi connectivity index (χ0) is 22.2. The molecule has 0 aliphatic heterocycles. The molecule has 0 amide bonds. The average molecular weight is 437 g/mol. The van der Waals surface area contributed by atoms with E-state index in [0.29, 0.717) is 0 Å². The van der Waals surface area contributed by atoms with E-state index in [0.717, 1.165) is 35.5 Å². The zero-order valence-electron chi connectivity index (χ0n) is 21.5. The summed E-state index contributed by atoms with van der Waals surface area (Å²) in [6.07, 6.45) is 27.2. The van der Waals surface area contributed by atoms with Gasteiger partial charge in [0.25, 0.3) is 0 Å². The number of rotatable bonds is 10. The molecule has 0 radical (unpaired) electrons. The summed E-state index contributed by atoms with van der Waals surface area (Å²) in [6.45, 7) is 4.53. The van der Waals surface area contributed by atoms with Crippen molar-refractivity contribution >= 4 is 0 Å². The lowest BCUT2D eigenvalue weighted by Crippen LogP contribution is -2.30. The number of benzene rings is 1. The molecule has 3 aliphatic rings. The van der Waals surface area contributed by atoms with Gasteiger partial charge in [0, 0.05) is 0 Å². The standard InChI is InChI=1S/C32H52/c1-3-4-5-6-7-8-26-11-13-27(14-12-26)15-16-28-17-20-32-24-31(22-21-30(32)23-28)29-18-9-25(2)10-19-29/h9-10,18-19,26-28,30-32H,3-8,11-17,20-24H2,1-2H3. The van der Waals surface area contributed by atoms with Crippen LogP contribution in [-0.4, -0.2) is 0 Å². The van der Waals surface area contributed by atoms with Crippen molar-refractivity contribution < 1.29 is 0 Å². The molecule has 0 aromatic heterocycles. The van der Waals surface area contributed by atoms with Crippen molar-refractivity contribution in [3.8, 4) is 0 Å². The molecule has 1 aromatic carbocycles. The lowest BCUT2D eigenvalue weighted by Gasteiger charge is -2.43. The van der Waals surface area contributed by atoms with E-state index in [4.69, 9.17) is 0 Å². The highest BCUT2D eigenvalue weighted by Gasteiger charge is 2.36. The van der Waals surface area contributed by atoms with E-state index in [1.807, 2.05) is 0 Å². The Morgan fingerprint density at radius 3 is 1.94 bits per heavy atom. The maximum absolute atomic E-state index is 2.41. The van der Waals surface area contributed by atoms with E-state index < -0.39 is 0 Å². The maximum atomic E-state index is 2.41. The van der Waals surface area contributed by atoms with E-state index in [9.17, 15) is 0 Å². The van der Waals surface area contributed by atoms with Crippen LogP contribution in [0.5, 0.6) is 0 Å². The summed E-state index contributed by atoms with van der Waals surface area (Å²) in [5.74, 6) is 6.13. The molecular formula is C32H52. The number of fused-ring (bicyclic) bond motifs is 1. The number of unbranched alkanes of at least 4 members (excludes halogenated alkanes) is 4. The Morgan fingerprint density at radius 1 is 0.594 bits per heavy atom. The van der Waals surface area contributed by atoms with Crippen LogP contribution < -0.4 is 0 Å². The van der Waals surface area contributed by atoms with Crippen LogP contribution in [-0.2, 0) is 0 Å². The maximum Gasteiger partial charge on any atom is -0.0159 e. The van der Waals surface area contributed by atoms with Gasteiger partial charge in [0.05, 0.1) is 0 Å². The van der Waals surface area contributed by atoms with Crippen LogP contribution >= 0.6 is 0 Å². The average Bonchev–Trinajstić information content (AvgIpc) is 2.83. The van der Waals surface area contributed by atoms with Gasteiger partial charge >= 0.3 is 0 Å². The molecule has 4 unspecified atom stereocenters. The molecule has 4 rings (SSSR count). The molecule has 0 nitrogen and oxygen atoms in total. The van der Waals surface area contributed by atoms with Gasteiger partial charge in [-0.25, -0.2) is 0 Å². The first-order chi connectivity index (χ1) is 15.7. The van der Waals surface area contributed by atoms with E-state index in [1.165, 1.54) is 76.2 Å². The Hall–Kier alpha value is -0.780. The van der Waals surface area contributed by atoms with Crippen LogP contribution in [0.4, 0.5) is 0 Å². The first-order valence-electron chi connectivity index (χ1n) is 14.8. The fraction of sp³-hybridized carbons (Fsp3) is 0.812. The lowest BCUT2D eigenvalue weighted by molar-refractivity contribution is 0.108. The van der Waals surface area contributed by atoms with Gasteiger partial charge in [-0.15, -0.1) is 0 Å². The molecule has 4 atom stereocenters. The van der Waals surface area contributed by atoms with E-state index in [1.54, 1.807) is 50.5 Å². The second-order valence-corrected chi connectivity index (χ2v) is 12.3. The second kappa shape index (κ2) is 12.6. The Kier molecular flexibility index (Phi) is 9.60. The van der Waals surface area contributed by atoms with Gasteiger partial charge in [0.1, 0.15) is 0 Å². The minimum atomic E-state index is 0.843. The van der Waals surface area contributed by atoms with Crippen LogP contribution in [0.15, 0.2) is 24.3 Å². The van der Waals surface area contributed by atoms with Crippen LogP contribution in [0, 0.1) is 36.5 Å². The zero-order valence-corrected chi connectivity index (χ0v) is 21.5. The number of hydrogen-bond donors (Lipinski definition) is 0. The van der Waals surface area contributed by atoms with Crippen LogP contribution in [0.1, 0.15) is 140 Å². The molecule has 1 aromatic rings. The van der Waals surface area contributed by atoms with E-state index in [2.05, 4.69) is 38.1 Å². The lowest BCUT2D eigenvalue weighted by atomic mass is 9.63. The van der Waals surface area contributed by atoms with Gasteiger partial charge in [-0.3, -0.25) is 0 Å². The molecule has 3 saturated carbocycles. The molecule has 3 fully saturated rings. The van der Waals surface area contributed by atoms with Gasteiger partial charge < -0.3 is 0 Å². The van der Waals surface area contributed by atoms with Crippen LogP contribution in [0.3, 0.4) is 0 Å². The topological polar surface area (TPSA) is 0 Å². The minimum absolute atomic E-state index is 0.843. The fourth-order valence-electron chi connectivity index (χ4n) is 7.71. The monoisotopic (exact) mass is 436 g/mol. The molecule has 0 heteroatoms. The van der Waals surface area contributed by atoms with Gasteiger partial charge in [-0.2, -0.15) is 0 Å². The van der Waals surface area contributed by atoms with Crippen LogP contribution in [0.2, 0.25) is 0 Å². The van der Waals surface area contributed by atoms with Crippen molar-refractivity contribution in [3.05, 3.63) is 35.4 Å². The summed E-state index contributed by atoms with van der Waals surface area (Å²) in [7, 11) is 0. The van der Waals surface area contributed by atoms with E-state index in [-0.39, 0.29) is 0 Å². The van der Waals surface area contributed by atoms with Gasteiger partial charge in [-0.05, 0) is 80.1 Å². The third-order valence-electron chi connectivity index (χ3n) is 9.94. The predicted molar refractivity (Wildman–Crippen MR) is 140 cm³/mol. The summed E-state index contributed by atoms with van der Waals surface area (Å²) in [5.41, 5.74) is 3.02. The Bertz CT molecular complexity index is 635. The van der Waals surface area contributed by atoms with Crippen molar-refractivity contribution in [2.75, 3.05) is 0 Å². The van der Waals surface area contributed by atoms with Gasteiger partial charge in [-0.1, -0.05) is 120 Å². The Balaban J connectivity index is 1.11. The predicted octanol–water partition coefficient (Wildman–Crippen LogP) is 10.2. The highest BCUT2D eigenvalue weighted by atomic mass is 14.4. The Morgan fingerprint density at radius 2 is 1.19 bits per heavy atom. The molecule has 0 heterocycles. The first-order valence-corrected chi connectivity index (χ1v) is 14.8.